The molecule has 1 atom stereocenters. The average molecular weight is 307 g/mol. The van der Waals surface area contributed by atoms with E-state index in [1.807, 2.05) is 29.2 Å². The Morgan fingerprint density at radius 2 is 2.00 bits per heavy atom. The number of halogens is 1. The van der Waals surface area contributed by atoms with Crippen molar-refractivity contribution in [1.82, 2.24) is 20.1 Å². The molecule has 0 spiro atoms. The standard InChI is InChI=1S/C16H23ClN4/c1-4-7-19-15(10-13-5-8-18-9-6-13)16-14(17)11-20-21(16)12(2)3/h5-6,8-9,11-12,15,19H,4,7,10H2,1-3H3. The van der Waals surface area contributed by atoms with E-state index in [2.05, 4.69) is 36.2 Å². The third kappa shape index (κ3) is 4.05. The summed E-state index contributed by atoms with van der Waals surface area (Å²) in [7, 11) is 0. The van der Waals surface area contributed by atoms with Gasteiger partial charge in [0.05, 0.1) is 23.0 Å². The van der Waals surface area contributed by atoms with Gasteiger partial charge in [-0.3, -0.25) is 9.67 Å². The Hall–Kier alpha value is -1.39. The molecule has 2 heterocycles. The monoisotopic (exact) mass is 306 g/mol. The molecule has 1 unspecified atom stereocenters. The molecule has 114 valence electrons. The highest BCUT2D eigenvalue weighted by atomic mass is 35.5. The van der Waals surface area contributed by atoms with Gasteiger partial charge in [-0.05, 0) is 50.9 Å². The topological polar surface area (TPSA) is 42.7 Å². The van der Waals surface area contributed by atoms with Crippen LogP contribution < -0.4 is 5.32 Å². The van der Waals surface area contributed by atoms with Crippen molar-refractivity contribution in [2.75, 3.05) is 6.54 Å². The van der Waals surface area contributed by atoms with Crippen LogP contribution in [-0.2, 0) is 6.42 Å². The van der Waals surface area contributed by atoms with E-state index >= 15 is 0 Å². The maximum absolute atomic E-state index is 6.39. The van der Waals surface area contributed by atoms with Crippen molar-refractivity contribution >= 4 is 11.6 Å². The fourth-order valence-corrected chi connectivity index (χ4v) is 2.69. The van der Waals surface area contributed by atoms with Crippen LogP contribution >= 0.6 is 11.6 Å². The molecule has 0 radical (unpaired) electrons. The Morgan fingerprint density at radius 1 is 1.29 bits per heavy atom. The summed E-state index contributed by atoms with van der Waals surface area (Å²) in [6, 6.07) is 4.54. The maximum atomic E-state index is 6.39. The molecular formula is C16H23ClN4. The molecule has 0 aliphatic heterocycles. The number of nitrogens with one attached hydrogen (secondary N) is 1. The second-order valence-electron chi connectivity index (χ2n) is 5.48. The minimum absolute atomic E-state index is 0.157. The van der Waals surface area contributed by atoms with E-state index in [1.54, 1.807) is 6.20 Å². The van der Waals surface area contributed by atoms with Gasteiger partial charge in [0.1, 0.15) is 0 Å². The molecule has 0 fully saturated rings. The molecule has 1 N–H and O–H groups in total. The molecule has 0 amide bonds. The first kappa shape index (κ1) is 16.0. The average Bonchev–Trinajstić information content (AvgIpc) is 2.86. The Labute approximate surface area is 131 Å². The molecule has 2 aromatic rings. The summed E-state index contributed by atoms with van der Waals surface area (Å²) < 4.78 is 2.01. The summed E-state index contributed by atoms with van der Waals surface area (Å²) in [6.45, 7) is 7.36. The van der Waals surface area contributed by atoms with Gasteiger partial charge in [-0.25, -0.2) is 0 Å². The molecule has 0 aromatic carbocycles. The number of hydrogen-bond donors (Lipinski definition) is 1. The highest BCUT2D eigenvalue weighted by Crippen LogP contribution is 2.28. The molecule has 0 aliphatic rings. The van der Waals surface area contributed by atoms with Gasteiger partial charge < -0.3 is 5.32 Å². The van der Waals surface area contributed by atoms with Crippen LogP contribution in [0.25, 0.3) is 0 Å². The van der Waals surface area contributed by atoms with E-state index < -0.39 is 0 Å². The molecule has 0 aliphatic carbocycles. The Kier molecular flexibility index (Phi) is 5.76. The van der Waals surface area contributed by atoms with Gasteiger partial charge in [-0.15, -0.1) is 0 Å². The number of nitrogens with zero attached hydrogens (tertiary/aromatic N) is 3. The zero-order valence-corrected chi connectivity index (χ0v) is 13.6. The lowest BCUT2D eigenvalue weighted by atomic mass is 10.0. The SMILES string of the molecule is CCCNC(Cc1ccncc1)c1c(Cl)cnn1C(C)C. The summed E-state index contributed by atoms with van der Waals surface area (Å²) in [5, 5.41) is 8.74. The summed E-state index contributed by atoms with van der Waals surface area (Å²) in [6.07, 6.45) is 7.35. The van der Waals surface area contributed by atoms with Crippen molar-refractivity contribution in [1.29, 1.82) is 0 Å². The molecule has 0 bridgehead atoms. The molecule has 5 heteroatoms. The van der Waals surface area contributed by atoms with Gasteiger partial charge in [0, 0.05) is 18.4 Å². The Bertz CT molecular complexity index is 551. The van der Waals surface area contributed by atoms with Gasteiger partial charge in [0.15, 0.2) is 0 Å². The number of rotatable bonds is 7. The lowest BCUT2D eigenvalue weighted by molar-refractivity contribution is 0.442. The predicted octanol–water partition coefficient (Wildman–Crippen LogP) is 3.80. The highest BCUT2D eigenvalue weighted by molar-refractivity contribution is 6.31. The van der Waals surface area contributed by atoms with Gasteiger partial charge in [0.2, 0.25) is 0 Å². The first-order chi connectivity index (χ1) is 10.1. The van der Waals surface area contributed by atoms with Crippen molar-refractivity contribution in [2.24, 2.45) is 0 Å². The normalized spacial score (nSPS) is 12.8. The van der Waals surface area contributed by atoms with Crippen LogP contribution in [0.4, 0.5) is 0 Å². The number of pyridine rings is 1. The van der Waals surface area contributed by atoms with E-state index in [0.29, 0.717) is 0 Å². The van der Waals surface area contributed by atoms with Crippen LogP contribution in [0.2, 0.25) is 5.02 Å². The van der Waals surface area contributed by atoms with Crippen LogP contribution in [0.15, 0.2) is 30.7 Å². The molecule has 0 saturated heterocycles. The summed E-state index contributed by atoms with van der Waals surface area (Å²) in [5.74, 6) is 0. The second kappa shape index (κ2) is 7.57. The highest BCUT2D eigenvalue weighted by Gasteiger charge is 2.21. The predicted molar refractivity (Wildman–Crippen MR) is 86.6 cm³/mol. The molecular weight excluding hydrogens is 284 g/mol. The van der Waals surface area contributed by atoms with Crippen LogP contribution in [0.1, 0.15) is 50.5 Å². The van der Waals surface area contributed by atoms with Gasteiger partial charge in [0.25, 0.3) is 0 Å². The van der Waals surface area contributed by atoms with E-state index in [0.717, 1.165) is 30.1 Å². The van der Waals surface area contributed by atoms with E-state index in [4.69, 9.17) is 11.6 Å². The fraction of sp³-hybridized carbons (Fsp3) is 0.500. The first-order valence-corrected chi connectivity index (χ1v) is 7.86. The summed E-state index contributed by atoms with van der Waals surface area (Å²) in [4.78, 5) is 4.08. The third-order valence-electron chi connectivity index (χ3n) is 3.44. The van der Waals surface area contributed by atoms with Gasteiger partial charge in [-0.2, -0.15) is 5.10 Å². The van der Waals surface area contributed by atoms with Crippen molar-refractivity contribution < 1.29 is 0 Å². The lowest BCUT2D eigenvalue weighted by Crippen LogP contribution is -2.27. The summed E-state index contributed by atoms with van der Waals surface area (Å²) in [5.41, 5.74) is 2.31. The zero-order valence-electron chi connectivity index (χ0n) is 12.9. The van der Waals surface area contributed by atoms with Crippen LogP contribution in [0.5, 0.6) is 0 Å². The van der Waals surface area contributed by atoms with Crippen molar-refractivity contribution in [3.05, 3.63) is 47.0 Å². The summed E-state index contributed by atoms with van der Waals surface area (Å²) >= 11 is 6.39. The van der Waals surface area contributed by atoms with Gasteiger partial charge >= 0.3 is 0 Å². The lowest BCUT2D eigenvalue weighted by Gasteiger charge is -2.22. The van der Waals surface area contributed by atoms with Crippen molar-refractivity contribution in [2.45, 2.75) is 45.7 Å². The smallest absolute Gasteiger partial charge is 0.0834 e. The molecule has 0 saturated carbocycles. The molecule has 4 nitrogen and oxygen atoms in total. The minimum Gasteiger partial charge on any atom is -0.308 e. The Balaban J connectivity index is 2.29. The third-order valence-corrected chi connectivity index (χ3v) is 3.73. The van der Waals surface area contributed by atoms with Crippen LogP contribution in [0.3, 0.4) is 0 Å². The van der Waals surface area contributed by atoms with Crippen LogP contribution in [0, 0.1) is 0 Å². The minimum atomic E-state index is 0.157. The van der Waals surface area contributed by atoms with Crippen molar-refractivity contribution in [3.8, 4) is 0 Å². The number of hydrogen-bond acceptors (Lipinski definition) is 3. The zero-order chi connectivity index (χ0) is 15.2. The fourth-order valence-electron chi connectivity index (χ4n) is 2.43. The molecule has 21 heavy (non-hydrogen) atoms. The van der Waals surface area contributed by atoms with E-state index in [-0.39, 0.29) is 12.1 Å². The molecule has 2 aromatic heterocycles. The Morgan fingerprint density at radius 3 is 2.62 bits per heavy atom. The van der Waals surface area contributed by atoms with Gasteiger partial charge in [-0.1, -0.05) is 18.5 Å². The van der Waals surface area contributed by atoms with E-state index in [9.17, 15) is 0 Å². The molecule has 2 rings (SSSR count). The van der Waals surface area contributed by atoms with Crippen LogP contribution in [-0.4, -0.2) is 21.3 Å². The number of aromatic nitrogens is 3. The quantitative estimate of drug-likeness (QED) is 0.846. The largest absolute Gasteiger partial charge is 0.308 e. The first-order valence-electron chi connectivity index (χ1n) is 7.48. The maximum Gasteiger partial charge on any atom is 0.0834 e. The second-order valence-corrected chi connectivity index (χ2v) is 5.89. The van der Waals surface area contributed by atoms with E-state index in [1.165, 1.54) is 5.56 Å². The van der Waals surface area contributed by atoms with Crippen molar-refractivity contribution in [3.63, 3.8) is 0 Å².